The number of esters is 1. The van der Waals surface area contributed by atoms with Crippen molar-refractivity contribution >= 4 is 23.3 Å². The Morgan fingerprint density at radius 3 is 2.76 bits per heavy atom. The number of nitrogens with one attached hydrogen (secondary N) is 1. The SMILES string of the molecule is CCOC(=O)C(CC)Nc1cc(C)ccc1Cl. The van der Waals surface area contributed by atoms with Crippen molar-refractivity contribution in [3.8, 4) is 0 Å². The minimum atomic E-state index is -0.353. The molecule has 1 aromatic rings. The van der Waals surface area contributed by atoms with Crippen molar-refractivity contribution in [1.29, 1.82) is 0 Å². The van der Waals surface area contributed by atoms with Gasteiger partial charge in [-0.05, 0) is 38.0 Å². The summed E-state index contributed by atoms with van der Waals surface area (Å²) in [7, 11) is 0. The predicted octanol–water partition coefficient (Wildman–Crippen LogP) is 3.40. The Hall–Kier alpha value is -1.22. The summed E-state index contributed by atoms with van der Waals surface area (Å²) in [5, 5.41) is 3.73. The summed E-state index contributed by atoms with van der Waals surface area (Å²) >= 11 is 6.06. The van der Waals surface area contributed by atoms with Gasteiger partial charge in [-0.3, -0.25) is 0 Å². The van der Waals surface area contributed by atoms with Gasteiger partial charge in [0.2, 0.25) is 0 Å². The largest absolute Gasteiger partial charge is 0.464 e. The van der Waals surface area contributed by atoms with Gasteiger partial charge >= 0.3 is 5.97 Å². The molecule has 0 spiro atoms. The molecule has 0 aliphatic heterocycles. The van der Waals surface area contributed by atoms with Crippen molar-refractivity contribution in [2.24, 2.45) is 0 Å². The first-order valence-electron chi connectivity index (χ1n) is 5.77. The Labute approximate surface area is 107 Å². The Bertz CT molecular complexity index is 393. The fourth-order valence-corrected chi connectivity index (χ4v) is 1.68. The topological polar surface area (TPSA) is 38.3 Å². The second-order valence-electron chi connectivity index (χ2n) is 3.84. The lowest BCUT2D eigenvalue weighted by Gasteiger charge is -2.17. The minimum Gasteiger partial charge on any atom is -0.464 e. The van der Waals surface area contributed by atoms with Crippen LogP contribution in [0, 0.1) is 6.92 Å². The summed E-state index contributed by atoms with van der Waals surface area (Å²) < 4.78 is 4.99. The fraction of sp³-hybridized carbons (Fsp3) is 0.462. The molecular formula is C13H18ClNO2. The Balaban J connectivity index is 2.80. The van der Waals surface area contributed by atoms with Crippen molar-refractivity contribution in [2.75, 3.05) is 11.9 Å². The molecule has 0 amide bonds. The van der Waals surface area contributed by atoms with Crippen molar-refractivity contribution in [3.05, 3.63) is 28.8 Å². The zero-order chi connectivity index (χ0) is 12.8. The molecule has 1 unspecified atom stereocenters. The smallest absolute Gasteiger partial charge is 0.328 e. The van der Waals surface area contributed by atoms with Gasteiger partial charge in [0.25, 0.3) is 0 Å². The fourth-order valence-electron chi connectivity index (χ4n) is 1.51. The minimum absolute atomic E-state index is 0.243. The van der Waals surface area contributed by atoms with E-state index in [1.807, 2.05) is 32.0 Å². The highest BCUT2D eigenvalue weighted by molar-refractivity contribution is 6.33. The number of halogens is 1. The predicted molar refractivity (Wildman–Crippen MR) is 70.5 cm³/mol. The number of hydrogen-bond donors (Lipinski definition) is 1. The standard InChI is InChI=1S/C13H18ClNO2/c1-4-11(13(16)17-5-2)15-12-8-9(3)6-7-10(12)14/h6-8,11,15H,4-5H2,1-3H3. The maximum Gasteiger partial charge on any atom is 0.328 e. The van der Waals surface area contributed by atoms with Crippen LogP contribution < -0.4 is 5.32 Å². The normalized spacial score (nSPS) is 12.0. The summed E-state index contributed by atoms with van der Waals surface area (Å²) in [6.07, 6.45) is 0.656. The molecule has 1 aromatic carbocycles. The van der Waals surface area contributed by atoms with Crippen LogP contribution in [0.4, 0.5) is 5.69 Å². The number of carbonyl (C=O) groups is 1. The summed E-state index contributed by atoms with van der Waals surface area (Å²) in [6.45, 7) is 6.09. The first kappa shape index (κ1) is 13.8. The highest BCUT2D eigenvalue weighted by Gasteiger charge is 2.18. The molecule has 0 bridgehead atoms. The number of ether oxygens (including phenoxy) is 1. The molecule has 0 aliphatic carbocycles. The van der Waals surface area contributed by atoms with Crippen molar-refractivity contribution in [3.63, 3.8) is 0 Å². The molecule has 0 radical (unpaired) electrons. The van der Waals surface area contributed by atoms with Gasteiger partial charge in [-0.25, -0.2) is 4.79 Å². The Morgan fingerprint density at radius 2 is 2.18 bits per heavy atom. The number of hydrogen-bond acceptors (Lipinski definition) is 3. The molecule has 1 N–H and O–H groups in total. The molecule has 0 saturated heterocycles. The average Bonchev–Trinajstić information content (AvgIpc) is 2.30. The number of rotatable bonds is 5. The molecule has 0 aromatic heterocycles. The molecule has 1 rings (SSSR count). The lowest BCUT2D eigenvalue weighted by Crippen LogP contribution is -2.30. The number of aryl methyl sites for hydroxylation is 1. The highest BCUT2D eigenvalue weighted by Crippen LogP contribution is 2.24. The second-order valence-corrected chi connectivity index (χ2v) is 4.25. The van der Waals surface area contributed by atoms with Crippen LogP contribution in [0.5, 0.6) is 0 Å². The lowest BCUT2D eigenvalue weighted by molar-refractivity contribution is -0.144. The Kier molecular flexibility index (Phi) is 5.29. The zero-order valence-corrected chi connectivity index (χ0v) is 11.2. The molecule has 0 saturated carbocycles. The van der Waals surface area contributed by atoms with E-state index in [1.165, 1.54) is 0 Å². The van der Waals surface area contributed by atoms with Crippen LogP contribution in [0.2, 0.25) is 5.02 Å². The van der Waals surface area contributed by atoms with Crippen LogP contribution in [0.15, 0.2) is 18.2 Å². The first-order chi connectivity index (χ1) is 8.08. The quantitative estimate of drug-likeness (QED) is 0.820. The van der Waals surface area contributed by atoms with E-state index in [0.29, 0.717) is 18.1 Å². The van der Waals surface area contributed by atoms with Gasteiger partial charge in [-0.2, -0.15) is 0 Å². The molecule has 3 nitrogen and oxygen atoms in total. The molecule has 4 heteroatoms. The van der Waals surface area contributed by atoms with E-state index in [9.17, 15) is 4.79 Å². The third kappa shape index (κ3) is 3.93. The Morgan fingerprint density at radius 1 is 1.47 bits per heavy atom. The zero-order valence-electron chi connectivity index (χ0n) is 10.4. The summed E-state index contributed by atoms with van der Waals surface area (Å²) in [5.41, 5.74) is 1.86. The molecular weight excluding hydrogens is 238 g/mol. The third-order valence-electron chi connectivity index (χ3n) is 2.43. The van der Waals surface area contributed by atoms with E-state index in [-0.39, 0.29) is 12.0 Å². The van der Waals surface area contributed by atoms with E-state index in [4.69, 9.17) is 16.3 Å². The molecule has 1 atom stereocenters. The van der Waals surface area contributed by atoms with Gasteiger partial charge < -0.3 is 10.1 Å². The van der Waals surface area contributed by atoms with Crippen LogP contribution in [0.3, 0.4) is 0 Å². The second kappa shape index (κ2) is 6.50. The summed E-state index contributed by atoms with van der Waals surface area (Å²) in [6, 6.07) is 5.31. The van der Waals surface area contributed by atoms with E-state index in [0.717, 1.165) is 11.3 Å². The molecule has 0 aliphatic rings. The van der Waals surface area contributed by atoms with Gasteiger partial charge in [-0.15, -0.1) is 0 Å². The van der Waals surface area contributed by atoms with Crippen LogP contribution >= 0.6 is 11.6 Å². The maximum atomic E-state index is 11.6. The monoisotopic (exact) mass is 255 g/mol. The first-order valence-corrected chi connectivity index (χ1v) is 6.15. The van der Waals surface area contributed by atoms with Crippen molar-refractivity contribution in [1.82, 2.24) is 0 Å². The van der Waals surface area contributed by atoms with Gasteiger partial charge in [-0.1, -0.05) is 24.6 Å². The maximum absolute atomic E-state index is 11.6. The lowest BCUT2D eigenvalue weighted by atomic mass is 10.1. The molecule has 17 heavy (non-hydrogen) atoms. The summed E-state index contributed by atoms with van der Waals surface area (Å²) in [4.78, 5) is 11.6. The average molecular weight is 256 g/mol. The van der Waals surface area contributed by atoms with Crippen LogP contribution in [0.1, 0.15) is 25.8 Å². The number of benzene rings is 1. The van der Waals surface area contributed by atoms with Gasteiger partial charge in [0.15, 0.2) is 0 Å². The molecule has 0 heterocycles. The van der Waals surface area contributed by atoms with Gasteiger partial charge in [0.1, 0.15) is 6.04 Å². The van der Waals surface area contributed by atoms with Crippen molar-refractivity contribution in [2.45, 2.75) is 33.2 Å². The van der Waals surface area contributed by atoms with E-state index < -0.39 is 0 Å². The van der Waals surface area contributed by atoms with Crippen molar-refractivity contribution < 1.29 is 9.53 Å². The third-order valence-corrected chi connectivity index (χ3v) is 2.76. The van der Waals surface area contributed by atoms with E-state index in [1.54, 1.807) is 6.92 Å². The number of carbonyl (C=O) groups excluding carboxylic acids is 1. The van der Waals surface area contributed by atoms with E-state index >= 15 is 0 Å². The van der Waals surface area contributed by atoms with Crippen LogP contribution in [-0.4, -0.2) is 18.6 Å². The van der Waals surface area contributed by atoms with Crippen LogP contribution in [-0.2, 0) is 9.53 Å². The van der Waals surface area contributed by atoms with E-state index in [2.05, 4.69) is 5.32 Å². The molecule has 94 valence electrons. The van der Waals surface area contributed by atoms with Gasteiger partial charge in [0, 0.05) is 0 Å². The van der Waals surface area contributed by atoms with Gasteiger partial charge in [0.05, 0.1) is 17.3 Å². The number of anilines is 1. The summed E-state index contributed by atoms with van der Waals surface area (Å²) in [5.74, 6) is -0.243. The highest BCUT2D eigenvalue weighted by atomic mass is 35.5. The van der Waals surface area contributed by atoms with Crippen LogP contribution in [0.25, 0.3) is 0 Å². The molecule has 0 fully saturated rings.